The summed E-state index contributed by atoms with van der Waals surface area (Å²) < 4.78 is 38.8. The van der Waals surface area contributed by atoms with E-state index in [2.05, 4.69) is 4.72 Å². The average molecular weight is 297 g/mol. The number of hydrogen-bond donors (Lipinski definition) is 3. The fourth-order valence-corrected chi connectivity index (χ4v) is 2.72. The minimum absolute atomic E-state index is 0.0884. The Morgan fingerprint density at radius 1 is 1.56 bits per heavy atom. The summed E-state index contributed by atoms with van der Waals surface area (Å²) in [5.41, 5.74) is 5.49. The number of benzene rings is 1. The van der Waals surface area contributed by atoms with Crippen LogP contribution in [0.4, 0.5) is 4.39 Å². The van der Waals surface area contributed by atoms with Gasteiger partial charge in [0.1, 0.15) is 10.7 Å². The summed E-state index contributed by atoms with van der Waals surface area (Å²) in [5, 5.41) is 9.05. The van der Waals surface area contributed by atoms with Crippen molar-refractivity contribution in [2.75, 3.05) is 6.54 Å². The fourth-order valence-electron chi connectivity index (χ4n) is 1.14. The van der Waals surface area contributed by atoms with Gasteiger partial charge in [-0.05, 0) is 25.1 Å². The van der Waals surface area contributed by atoms with Gasteiger partial charge in [0.2, 0.25) is 10.0 Å². The van der Waals surface area contributed by atoms with Crippen molar-refractivity contribution in [1.82, 2.24) is 4.72 Å². The highest BCUT2D eigenvalue weighted by Crippen LogP contribution is 2.21. The number of sulfonamides is 1. The maximum Gasteiger partial charge on any atom is 0.242 e. The second kappa shape index (κ2) is 5.94. The molecule has 0 fully saturated rings. The molecule has 0 aliphatic heterocycles. The van der Waals surface area contributed by atoms with Crippen LogP contribution >= 0.6 is 11.6 Å². The lowest BCUT2D eigenvalue weighted by atomic mass is 10.2. The van der Waals surface area contributed by atoms with Crippen molar-refractivity contribution in [2.45, 2.75) is 24.0 Å². The lowest BCUT2D eigenvalue weighted by molar-refractivity contribution is 0.164. The Labute approximate surface area is 110 Å². The van der Waals surface area contributed by atoms with E-state index in [-0.39, 0.29) is 16.5 Å². The van der Waals surface area contributed by atoms with Crippen molar-refractivity contribution in [3.8, 4) is 0 Å². The Morgan fingerprint density at radius 3 is 2.72 bits per heavy atom. The molecule has 0 saturated heterocycles. The molecular formula is C10H14ClFN2O3S. The van der Waals surface area contributed by atoms with Crippen LogP contribution in [0.15, 0.2) is 23.1 Å². The van der Waals surface area contributed by atoms with Gasteiger partial charge in [-0.2, -0.15) is 0 Å². The summed E-state index contributed by atoms with van der Waals surface area (Å²) in [4.78, 5) is -0.359. The maximum atomic E-state index is 13.0. The summed E-state index contributed by atoms with van der Waals surface area (Å²) in [5.74, 6) is -0.709. The van der Waals surface area contributed by atoms with Crippen LogP contribution in [0.1, 0.15) is 6.92 Å². The van der Waals surface area contributed by atoms with Crippen LogP contribution in [0, 0.1) is 5.82 Å². The molecule has 102 valence electrons. The van der Waals surface area contributed by atoms with Gasteiger partial charge in [0.25, 0.3) is 0 Å². The summed E-state index contributed by atoms with van der Waals surface area (Å²) in [6.45, 7) is 1.26. The van der Waals surface area contributed by atoms with Gasteiger partial charge in [-0.1, -0.05) is 11.6 Å². The van der Waals surface area contributed by atoms with Crippen molar-refractivity contribution in [1.29, 1.82) is 0 Å². The summed E-state index contributed by atoms with van der Waals surface area (Å²) >= 11 is 5.69. The molecule has 0 aromatic heterocycles. The second-order valence-electron chi connectivity index (χ2n) is 3.83. The Balaban J connectivity index is 2.90. The van der Waals surface area contributed by atoms with Crippen molar-refractivity contribution in [3.63, 3.8) is 0 Å². The van der Waals surface area contributed by atoms with E-state index in [1.807, 2.05) is 0 Å². The van der Waals surface area contributed by atoms with E-state index in [0.717, 1.165) is 18.2 Å². The molecule has 2 unspecified atom stereocenters. The van der Waals surface area contributed by atoms with Crippen LogP contribution < -0.4 is 10.5 Å². The standard InChI is InChI=1S/C10H14ClFN2O3S/c1-6(15)9(13)5-14-18(16,17)10-4-7(12)2-3-8(10)11/h2-4,6,9,14-15H,5,13H2,1H3. The van der Waals surface area contributed by atoms with Crippen molar-refractivity contribution >= 4 is 21.6 Å². The number of aliphatic hydroxyl groups is 1. The molecular weight excluding hydrogens is 283 g/mol. The fraction of sp³-hybridized carbons (Fsp3) is 0.400. The summed E-state index contributed by atoms with van der Waals surface area (Å²) in [6, 6.07) is 2.27. The first-order valence-corrected chi connectivity index (χ1v) is 6.98. The number of rotatable bonds is 5. The predicted molar refractivity (Wildman–Crippen MR) is 66.3 cm³/mol. The third-order valence-corrected chi connectivity index (χ3v) is 4.22. The molecule has 0 aliphatic carbocycles. The summed E-state index contributed by atoms with van der Waals surface area (Å²) in [7, 11) is -3.96. The van der Waals surface area contributed by atoms with Gasteiger partial charge in [-0.15, -0.1) is 0 Å². The number of nitrogens with two attached hydrogens (primary N) is 1. The van der Waals surface area contributed by atoms with Crippen LogP contribution in [0.3, 0.4) is 0 Å². The van der Waals surface area contributed by atoms with Crippen molar-refractivity contribution < 1.29 is 17.9 Å². The first kappa shape index (κ1) is 15.3. The predicted octanol–water partition coefficient (Wildman–Crippen LogP) is 0.466. The number of halogens is 2. The van der Waals surface area contributed by atoms with E-state index in [9.17, 15) is 12.8 Å². The van der Waals surface area contributed by atoms with Crippen molar-refractivity contribution in [3.05, 3.63) is 29.0 Å². The third kappa shape index (κ3) is 3.89. The van der Waals surface area contributed by atoms with Crippen molar-refractivity contribution in [2.24, 2.45) is 5.73 Å². The topological polar surface area (TPSA) is 92.4 Å². The molecule has 1 aromatic carbocycles. The van der Waals surface area contributed by atoms with Crippen LogP contribution in [-0.4, -0.2) is 32.2 Å². The van der Waals surface area contributed by atoms with E-state index in [1.165, 1.54) is 6.92 Å². The molecule has 0 spiro atoms. The number of nitrogens with one attached hydrogen (secondary N) is 1. The zero-order valence-corrected chi connectivity index (χ0v) is 11.2. The van der Waals surface area contributed by atoms with Gasteiger partial charge < -0.3 is 10.8 Å². The molecule has 0 aliphatic rings. The largest absolute Gasteiger partial charge is 0.392 e. The first-order chi connectivity index (χ1) is 8.24. The molecule has 4 N–H and O–H groups in total. The molecule has 5 nitrogen and oxygen atoms in total. The maximum absolute atomic E-state index is 13.0. The molecule has 0 amide bonds. The Morgan fingerprint density at radius 2 is 2.17 bits per heavy atom. The Bertz CT molecular complexity index is 522. The number of aliphatic hydroxyl groups excluding tert-OH is 1. The van der Waals surface area contributed by atoms with E-state index in [4.69, 9.17) is 22.4 Å². The quantitative estimate of drug-likeness (QED) is 0.736. The smallest absolute Gasteiger partial charge is 0.242 e. The molecule has 0 radical (unpaired) electrons. The van der Waals surface area contributed by atoms with Crippen LogP contribution in [0.5, 0.6) is 0 Å². The molecule has 1 rings (SSSR count). The normalized spacial score (nSPS) is 15.4. The first-order valence-electron chi connectivity index (χ1n) is 5.12. The van der Waals surface area contributed by atoms with E-state index in [1.54, 1.807) is 0 Å². The highest BCUT2D eigenvalue weighted by molar-refractivity contribution is 7.89. The minimum Gasteiger partial charge on any atom is -0.392 e. The molecule has 0 saturated carbocycles. The van der Waals surface area contributed by atoms with Gasteiger partial charge >= 0.3 is 0 Å². The van der Waals surface area contributed by atoms with E-state index in [0.29, 0.717) is 0 Å². The SMILES string of the molecule is CC(O)C(N)CNS(=O)(=O)c1cc(F)ccc1Cl. The zero-order chi connectivity index (χ0) is 13.9. The highest BCUT2D eigenvalue weighted by atomic mass is 35.5. The van der Waals surface area contributed by atoms with Gasteiger partial charge in [-0.25, -0.2) is 17.5 Å². The van der Waals surface area contributed by atoms with Gasteiger partial charge in [-0.3, -0.25) is 0 Å². The monoisotopic (exact) mass is 296 g/mol. The molecule has 0 heterocycles. The molecule has 2 atom stereocenters. The van der Waals surface area contributed by atoms with E-state index < -0.39 is 28.0 Å². The van der Waals surface area contributed by atoms with Gasteiger partial charge in [0.05, 0.1) is 11.1 Å². The lowest BCUT2D eigenvalue weighted by Crippen LogP contribution is -2.43. The molecule has 0 bridgehead atoms. The van der Waals surface area contributed by atoms with E-state index >= 15 is 0 Å². The molecule has 1 aromatic rings. The lowest BCUT2D eigenvalue weighted by Gasteiger charge is -2.15. The molecule has 18 heavy (non-hydrogen) atoms. The Kier molecular flexibility index (Phi) is 5.06. The van der Waals surface area contributed by atoms with Gasteiger partial charge in [0.15, 0.2) is 0 Å². The minimum atomic E-state index is -3.96. The Hall–Kier alpha value is -0.730. The summed E-state index contributed by atoms with van der Waals surface area (Å²) in [6.07, 6.45) is -0.865. The van der Waals surface area contributed by atoms with Gasteiger partial charge in [0, 0.05) is 12.6 Å². The van der Waals surface area contributed by atoms with Crippen LogP contribution in [0.2, 0.25) is 5.02 Å². The molecule has 8 heteroatoms. The van der Waals surface area contributed by atoms with Crippen LogP contribution in [0.25, 0.3) is 0 Å². The highest BCUT2D eigenvalue weighted by Gasteiger charge is 2.20. The average Bonchev–Trinajstić information content (AvgIpc) is 2.29. The zero-order valence-electron chi connectivity index (χ0n) is 9.60. The third-order valence-electron chi connectivity index (χ3n) is 2.31. The van der Waals surface area contributed by atoms with Crippen LogP contribution in [-0.2, 0) is 10.0 Å². The second-order valence-corrected chi connectivity index (χ2v) is 5.97. The number of hydrogen-bond acceptors (Lipinski definition) is 4.